The van der Waals surface area contributed by atoms with E-state index in [2.05, 4.69) is 28.4 Å². The summed E-state index contributed by atoms with van der Waals surface area (Å²) in [5.41, 5.74) is 1.97. The van der Waals surface area contributed by atoms with E-state index >= 15 is 0 Å². The van der Waals surface area contributed by atoms with Crippen LogP contribution in [0.1, 0.15) is 31.1 Å². The average Bonchev–Trinajstić information content (AvgIpc) is 3.02. The first-order valence-electron chi connectivity index (χ1n) is 6.53. The van der Waals surface area contributed by atoms with E-state index in [4.69, 9.17) is 10.8 Å². The van der Waals surface area contributed by atoms with Crippen molar-refractivity contribution in [3.8, 4) is 23.8 Å². The van der Waals surface area contributed by atoms with Crippen LogP contribution < -0.4 is 5.32 Å². The first-order valence-corrected chi connectivity index (χ1v) is 6.53. The third-order valence-electron chi connectivity index (χ3n) is 3.02. The summed E-state index contributed by atoms with van der Waals surface area (Å²) in [4.78, 5) is 0. The summed E-state index contributed by atoms with van der Waals surface area (Å²) in [5.74, 6) is 4.45. The largest absolute Gasteiger partial charge is 0.460 e. The number of nitrogens with zero attached hydrogens (tertiary/aromatic N) is 1. The monoisotopic (exact) mass is 257 g/mol. The number of furan rings is 1. The Labute approximate surface area is 113 Å². The Balaban J connectivity index is 2.06. The van der Waals surface area contributed by atoms with Gasteiger partial charge in [0.15, 0.2) is 5.76 Å². The van der Waals surface area contributed by atoms with Gasteiger partial charge in [-0.3, -0.25) is 10.4 Å². The lowest BCUT2D eigenvalue weighted by atomic mass is 10.1. The van der Waals surface area contributed by atoms with Crippen molar-refractivity contribution in [3.63, 3.8) is 0 Å². The summed E-state index contributed by atoms with van der Waals surface area (Å²) in [6.45, 7) is 4.73. The van der Waals surface area contributed by atoms with Crippen molar-refractivity contribution in [1.82, 2.24) is 15.5 Å². The molecule has 0 aliphatic carbocycles. The predicted molar refractivity (Wildman–Crippen MR) is 75.4 cm³/mol. The third-order valence-corrected chi connectivity index (χ3v) is 3.02. The van der Waals surface area contributed by atoms with E-state index in [-0.39, 0.29) is 6.04 Å². The summed E-state index contributed by atoms with van der Waals surface area (Å²) in [6.07, 6.45) is 9.34. The van der Waals surface area contributed by atoms with E-state index in [1.165, 1.54) is 0 Å². The molecule has 0 radical (unpaired) electrons. The van der Waals surface area contributed by atoms with E-state index in [1.807, 2.05) is 19.1 Å². The Hall–Kier alpha value is -1.99. The summed E-state index contributed by atoms with van der Waals surface area (Å²) < 4.78 is 5.61. The van der Waals surface area contributed by atoms with Gasteiger partial charge in [0.1, 0.15) is 11.5 Å². The van der Waals surface area contributed by atoms with Gasteiger partial charge in [0.05, 0.1) is 12.2 Å². The number of rotatable bonds is 6. The maximum absolute atomic E-state index is 5.61. The van der Waals surface area contributed by atoms with Crippen LogP contribution in [0.4, 0.5) is 0 Å². The second-order valence-corrected chi connectivity index (χ2v) is 4.57. The molecule has 0 bridgehead atoms. The molecule has 2 heterocycles. The molecule has 0 saturated heterocycles. The second-order valence-electron chi connectivity index (χ2n) is 4.57. The zero-order valence-electron chi connectivity index (χ0n) is 11.4. The molecule has 2 aromatic rings. The highest BCUT2D eigenvalue weighted by Crippen LogP contribution is 2.23. The molecule has 2 N–H and O–H groups in total. The van der Waals surface area contributed by atoms with Crippen molar-refractivity contribution >= 4 is 0 Å². The molecule has 2 rings (SSSR count). The van der Waals surface area contributed by atoms with Gasteiger partial charge in [0.25, 0.3) is 0 Å². The normalized spacial score (nSPS) is 12.3. The van der Waals surface area contributed by atoms with Crippen molar-refractivity contribution in [3.05, 3.63) is 29.7 Å². The van der Waals surface area contributed by atoms with Crippen LogP contribution in [0.3, 0.4) is 0 Å². The quantitative estimate of drug-likeness (QED) is 0.782. The Morgan fingerprint density at radius 1 is 1.53 bits per heavy atom. The van der Waals surface area contributed by atoms with E-state index in [0.717, 1.165) is 35.6 Å². The number of aromatic amines is 1. The maximum atomic E-state index is 5.61. The maximum Gasteiger partial charge on any atom is 0.152 e. The summed E-state index contributed by atoms with van der Waals surface area (Å²) in [7, 11) is 0. The first kappa shape index (κ1) is 13.4. The number of hydrogen-bond donors (Lipinski definition) is 2. The zero-order chi connectivity index (χ0) is 13.7. The molecule has 0 spiro atoms. The zero-order valence-corrected chi connectivity index (χ0v) is 11.4. The van der Waals surface area contributed by atoms with Gasteiger partial charge in [-0.1, -0.05) is 19.3 Å². The van der Waals surface area contributed by atoms with Crippen molar-refractivity contribution in [2.45, 2.75) is 39.3 Å². The molecular weight excluding hydrogens is 238 g/mol. The van der Waals surface area contributed by atoms with Crippen molar-refractivity contribution in [1.29, 1.82) is 0 Å². The lowest BCUT2D eigenvalue weighted by molar-refractivity contribution is 0.542. The highest BCUT2D eigenvalue weighted by molar-refractivity contribution is 5.56. The number of H-pyrrole nitrogens is 1. The minimum absolute atomic E-state index is 0.103. The summed E-state index contributed by atoms with van der Waals surface area (Å²) in [5, 5.41) is 10.4. The fraction of sp³-hybridized carbons (Fsp3) is 0.400. The molecule has 1 atom stereocenters. The molecule has 1 unspecified atom stereocenters. The molecule has 0 aliphatic rings. The molecule has 19 heavy (non-hydrogen) atoms. The minimum atomic E-state index is 0.103. The van der Waals surface area contributed by atoms with Crippen molar-refractivity contribution in [2.75, 3.05) is 0 Å². The van der Waals surface area contributed by atoms with Gasteiger partial charge in [-0.2, -0.15) is 5.10 Å². The van der Waals surface area contributed by atoms with Crippen LogP contribution in [-0.2, 0) is 6.54 Å². The second kappa shape index (κ2) is 6.26. The molecule has 4 heteroatoms. The fourth-order valence-corrected chi connectivity index (χ4v) is 1.99. The lowest BCUT2D eigenvalue weighted by Gasteiger charge is -2.11. The molecule has 0 amide bonds. The minimum Gasteiger partial charge on any atom is -0.460 e. The van der Waals surface area contributed by atoms with Crippen LogP contribution in [0.25, 0.3) is 11.5 Å². The van der Waals surface area contributed by atoms with Crippen LogP contribution in [0.2, 0.25) is 0 Å². The van der Waals surface area contributed by atoms with E-state index in [9.17, 15) is 0 Å². The molecule has 0 saturated carbocycles. The van der Waals surface area contributed by atoms with Gasteiger partial charge < -0.3 is 4.42 Å². The van der Waals surface area contributed by atoms with Crippen LogP contribution in [-0.4, -0.2) is 16.2 Å². The number of nitrogens with one attached hydrogen (secondary N) is 2. The van der Waals surface area contributed by atoms with E-state index in [1.54, 1.807) is 6.20 Å². The number of terminal acetylenes is 1. The van der Waals surface area contributed by atoms with Gasteiger partial charge in [0.2, 0.25) is 0 Å². The fourth-order valence-electron chi connectivity index (χ4n) is 1.99. The summed E-state index contributed by atoms with van der Waals surface area (Å²) >= 11 is 0. The predicted octanol–water partition coefficient (Wildman–Crippen LogP) is 2.87. The number of aryl methyl sites for hydroxylation is 1. The number of hydrogen-bond acceptors (Lipinski definition) is 3. The third kappa shape index (κ3) is 3.27. The van der Waals surface area contributed by atoms with E-state index in [0.29, 0.717) is 6.54 Å². The highest BCUT2D eigenvalue weighted by Gasteiger charge is 2.12. The Morgan fingerprint density at radius 3 is 3.00 bits per heavy atom. The SMILES string of the molecule is C#CC(CCC)NCc1cn[nH]c1-c1ccc(C)o1. The van der Waals surface area contributed by atoms with E-state index < -0.39 is 0 Å². The molecule has 100 valence electrons. The molecule has 2 aromatic heterocycles. The smallest absolute Gasteiger partial charge is 0.152 e. The Morgan fingerprint density at radius 2 is 2.37 bits per heavy atom. The van der Waals surface area contributed by atoms with Crippen LogP contribution in [0.5, 0.6) is 0 Å². The topological polar surface area (TPSA) is 53.9 Å². The van der Waals surface area contributed by atoms with Gasteiger partial charge >= 0.3 is 0 Å². The number of aromatic nitrogens is 2. The average molecular weight is 257 g/mol. The Bertz CT molecular complexity index is 562. The first-order chi connectivity index (χ1) is 9.24. The standard InChI is InChI=1S/C15H19N3O/c1-4-6-13(5-2)16-9-12-10-17-18-15(12)14-8-7-11(3)19-14/h2,7-8,10,13,16H,4,6,9H2,1,3H3,(H,17,18). The van der Waals surface area contributed by atoms with Crippen LogP contribution >= 0.6 is 0 Å². The van der Waals surface area contributed by atoms with Gasteiger partial charge in [0, 0.05) is 12.1 Å². The Kier molecular flexibility index (Phi) is 4.43. The molecular formula is C15H19N3O. The van der Waals surface area contributed by atoms with Gasteiger partial charge in [-0.05, 0) is 25.5 Å². The van der Waals surface area contributed by atoms with Crippen LogP contribution in [0, 0.1) is 19.3 Å². The van der Waals surface area contributed by atoms with Crippen molar-refractivity contribution < 1.29 is 4.42 Å². The molecule has 4 nitrogen and oxygen atoms in total. The summed E-state index contributed by atoms with van der Waals surface area (Å²) in [6, 6.07) is 3.98. The molecule has 0 fully saturated rings. The van der Waals surface area contributed by atoms with Crippen molar-refractivity contribution in [2.24, 2.45) is 0 Å². The molecule has 0 aromatic carbocycles. The molecule has 0 aliphatic heterocycles. The van der Waals surface area contributed by atoms with Gasteiger partial charge in [-0.15, -0.1) is 6.42 Å². The lowest BCUT2D eigenvalue weighted by Crippen LogP contribution is -2.26. The highest BCUT2D eigenvalue weighted by atomic mass is 16.3. The van der Waals surface area contributed by atoms with Gasteiger partial charge in [-0.25, -0.2) is 0 Å². The van der Waals surface area contributed by atoms with Crippen LogP contribution in [0.15, 0.2) is 22.7 Å².